The first kappa shape index (κ1) is 13.1. The van der Waals surface area contributed by atoms with Gasteiger partial charge in [0.25, 0.3) is 0 Å². The topological polar surface area (TPSA) is 63.8 Å². The summed E-state index contributed by atoms with van der Waals surface area (Å²) < 4.78 is 4.02. The highest BCUT2D eigenvalue weighted by molar-refractivity contribution is 7.05. The van der Waals surface area contributed by atoms with Crippen LogP contribution in [0.2, 0.25) is 0 Å². The van der Waals surface area contributed by atoms with Gasteiger partial charge < -0.3 is 0 Å². The standard InChI is InChI=1S/C13H18N4S/c1-3-11-13(18-17-16-11)12(15-14)8-10-6-4-5-9(2)7-10/h4-7,12,15H,3,8,14H2,1-2H3. The number of hydrogen-bond acceptors (Lipinski definition) is 5. The maximum Gasteiger partial charge on any atom is 0.0801 e. The lowest BCUT2D eigenvalue weighted by Gasteiger charge is -2.15. The molecule has 0 aliphatic carbocycles. The summed E-state index contributed by atoms with van der Waals surface area (Å²) in [5.41, 5.74) is 6.45. The summed E-state index contributed by atoms with van der Waals surface area (Å²) in [6.45, 7) is 4.18. The zero-order valence-electron chi connectivity index (χ0n) is 10.7. The van der Waals surface area contributed by atoms with Gasteiger partial charge in [-0.3, -0.25) is 11.3 Å². The quantitative estimate of drug-likeness (QED) is 0.640. The molecule has 4 nitrogen and oxygen atoms in total. The van der Waals surface area contributed by atoms with E-state index in [1.165, 1.54) is 22.7 Å². The summed E-state index contributed by atoms with van der Waals surface area (Å²) in [5, 5.41) is 4.14. The molecule has 0 saturated carbocycles. The molecule has 1 unspecified atom stereocenters. The maximum atomic E-state index is 5.67. The number of rotatable bonds is 5. The van der Waals surface area contributed by atoms with Crippen LogP contribution in [-0.2, 0) is 12.8 Å². The Kier molecular flexibility index (Phi) is 4.41. The van der Waals surface area contributed by atoms with Crippen LogP contribution in [0.1, 0.15) is 34.7 Å². The summed E-state index contributed by atoms with van der Waals surface area (Å²) in [7, 11) is 0. The molecule has 0 fully saturated rings. The Hall–Kier alpha value is -1.30. The number of hydrazine groups is 1. The van der Waals surface area contributed by atoms with Crippen LogP contribution in [0.4, 0.5) is 0 Å². The lowest BCUT2D eigenvalue weighted by Crippen LogP contribution is -2.29. The van der Waals surface area contributed by atoms with E-state index in [4.69, 9.17) is 5.84 Å². The largest absolute Gasteiger partial charge is 0.271 e. The summed E-state index contributed by atoms with van der Waals surface area (Å²) in [5.74, 6) is 5.67. The van der Waals surface area contributed by atoms with Crippen LogP contribution in [0.5, 0.6) is 0 Å². The van der Waals surface area contributed by atoms with Crippen molar-refractivity contribution >= 4 is 11.5 Å². The molecule has 1 atom stereocenters. The van der Waals surface area contributed by atoms with Crippen LogP contribution < -0.4 is 11.3 Å². The minimum absolute atomic E-state index is 0.0850. The highest BCUT2D eigenvalue weighted by Crippen LogP contribution is 2.24. The monoisotopic (exact) mass is 262 g/mol. The fourth-order valence-corrected chi connectivity index (χ4v) is 2.82. The van der Waals surface area contributed by atoms with Gasteiger partial charge in [0.1, 0.15) is 0 Å². The van der Waals surface area contributed by atoms with Gasteiger partial charge in [0.15, 0.2) is 0 Å². The van der Waals surface area contributed by atoms with E-state index in [1.54, 1.807) is 0 Å². The van der Waals surface area contributed by atoms with Crippen molar-refractivity contribution in [1.29, 1.82) is 0 Å². The molecular weight excluding hydrogens is 244 g/mol. The van der Waals surface area contributed by atoms with Crippen molar-refractivity contribution in [2.24, 2.45) is 5.84 Å². The Balaban J connectivity index is 2.20. The van der Waals surface area contributed by atoms with E-state index in [-0.39, 0.29) is 6.04 Å². The number of nitrogens with zero attached hydrogens (tertiary/aromatic N) is 2. The summed E-state index contributed by atoms with van der Waals surface area (Å²) in [4.78, 5) is 1.14. The molecule has 0 amide bonds. The van der Waals surface area contributed by atoms with E-state index in [9.17, 15) is 0 Å². The number of benzene rings is 1. The Bertz CT molecular complexity index is 509. The van der Waals surface area contributed by atoms with Crippen LogP contribution in [-0.4, -0.2) is 9.59 Å². The lowest BCUT2D eigenvalue weighted by atomic mass is 10.0. The van der Waals surface area contributed by atoms with Crippen molar-refractivity contribution in [2.45, 2.75) is 32.7 Å². The van der Waals surface area contributed by atoms with E-state index >= 15 is 0 Å². The Labute approximate surface area is 111 Å². The molecule has 5 heteroatoms. The molecule has 1 aromatic carbocycles. The van der Waals surface area contributed by atoms with Crippen molar-refractivity contribution in [2.75, 3.05) is 0 Å². The van der Waals surface area contributed by atoms with Gasteiger partial charge in [-0.25, -0.2) is 0 Å². The van der Waals surface area contributed by atoms with Gasteiger partial charge in [-0.1, -0.05) is 41.2 Å². The third-order valence-corrected chi connectivity index (χ3v) is 3.84. The zero-order chi connectivity index (χ0) is 13.0. The lowest BCUT2D eigenvalue weighted by molar-refractivity contribution is 0.555. The van der Waals surface area contributed by atoms with E-state index in [0.29, 0.717) is 0 Å². The molecule has 0 bridgehead atoms. The third-order valence-electron chi connectivity index (χ3n) is 2.96. The molecule has 2 rings (SSSR count). The second-order valence-electron chi connectivity index (χ2n) is 4.35. The first-order valence-electron chi connectivity index (χ1n) is 6.07. The Morgan fingerprint density at radius 1 is 1.44 bits per heavy atom. The van der Waals surface area contributed by atoms with Crippen molar-refractivity contribution in [3.05, 3.63) is 46.0 Å². The van der Waals surface area contributed by atoms with Crippen LogP contribution in [0.3, 0.4) is 0 Å². The highest BCUT2D eigenvalue weighted by atomic mass is 32.1. The first-order chi connectivity index (χ1) is 8.74. The van der Waals surface area contributed by atoms with Crippen LogP contribution in [0.25, 0.3) is 0 Å². The van der Waals surface area contributed by atoms with E-state index in [1.807, 2.05) is 0 Å². The molecule has 18 heavy (non-hydrogen) atoms. The van der Waals surface area contributed by atoms with Gasteiger partial charge in [0.2, 0.25) is 0 Å². The van der Waals surface area contributed by atoms with Crippen molar-refractivity contribution < 1.29 is 0 Å². The minimum Gasteiger partial charge on any atom is -0.271 e. The van der Waals surface area contributed by atoms with Gasteiger partial charge >= 0.3 is 0 Å². The second kappa shape index (κ2) is 6.04. The van der Waals surface area contributed by atoms with E-state index < -0.39 is 0 Å². The number of nitrogens with two attached hydrogens (primary N) is 1. The Morgan fingerprint density at radius 2 is 2.28 bits per heavy atom. The highest BCUT2D eigenvalue weighted by Gasteiger charge is 2.17. The van der Waals surface area contributed by atoms with Gasteiger partial charge in [-0.05, 0) is 36.9 Å². The molecule has 0 aliphatic heterocycles. The molecule has 1 aromatic heterocycles. The molecule has 0 radical (unpaired) electrons. The van der Waals surface area contributed by atoms with E-state index in [0.717, 1.165) is 23.4 Å². The van der Waals surface area contributed by atoms with Gasteiger partial charge in [0.05, 0.1) is 16.6 Å². The fraction of sp³-hybridized carbons (Fsp3) is 0.385. The summed E-state index contributed by atoms with van der Waals surface area (Å²) >= 11 is 1.43. The average molecular weight is 262 g/mol. The minimum atomic E-state index is 0.0850. The van der Waals surface area contributed by atoms with Crippen LogP contribution in [0, 0.1) is 6.92 Å². The van der Waals surface area contributed by atoms with Crippen LogP contribution >= 0.6 is 11.5 Å². The summed E-state index contributed by atoms with van der Waals surface area (Å²) in [6.07, 6.45) is 1.74. The van der Waals surface area contributed by atoms with Gasteiger partial charge in [-0.2, -0.15) is 0 Å². The van der Waals surface area contributed by atoms with Crippen molar-refractivity contribution in [3.8, 4) is 0 Å². The molecule has 1 heterocycles. The zero-order valence-corrected chi connectivity index (χ0v) is 11.5. The number of aromatic nitrogens is 2. The molecule has 2 aromatic rings. The van der Waals surface area contributed by atoms with Gasteiger partial charge in [-0.15, -0.1) is 5.10 Å². The maximum absolute atomic E-state index is 5.67. The predicted molar refractivity (Wildman–Crippen MR) is 74.2 cm³/mol. The smallest absolute Gasteiger partial charge is 0.0801 e. The second-order valence-corrected chi connectivity index (χ2v) is 5.14. The number of aryl methyl sites for hydroxylation is 2. The molecule has 96 valence electrons. The molecular formula is C13H18N4S. The summed E-state index contributed by atoms with van der Waals surface area (Å²) in [6, 6.07) is 8.56. The molecule has 0 spiro atoms. The Morgan fingerprint density at radius 3 is 2.94 bits per heavy atom. The van der Waals surface area contributed by atoms with Crippen molar-refractivity contribution in [1.82, 2.24) is 15.0 Å². The number of hydrogen-bond donors (Lipinski definition) is 2. The van der Waals surface area contributed by atoms with Gasteiger partial charge in [0, 0.05) is 0 Å². The third kappa shape index (κ3) is 2.93. The first-order valence-corrected chi connectivity index (χ1v) is 6.84. The molecule has 0 saturated heterocycles. The number of nitrogens with one attached hydrogen (secondary N) is 1. The molecule has 3 N–H and O–H groups in total. The fourth-order valence-electron chi connectivity index (χ4n) is 2.03. The molecule has 0 aliphatic rings. The van der Waals surface area contributed by atoms with E-state index in [2.05, 4.69) is 53.1 Å². The normalized spacial score (nSPS) is 12.6. The predicted octanol–water partition coefficient (Wildman–Crippen LogP) is 2.16. The van der Waals surface area contributed by atoms with Crippen LogP contribution in [0.15, 0.2) is 24.3 Å². The van der Waals surface area contributed by atoms with Crippen molar-refractivity contribution in [3.63, 3.8) is 0 Å². The SMILES string of the molecule is CCc1nnsc1C(Cc1cccc(C)c1)NN. The average Bonchev–Trinajstić information content (AvgIpc) is 2.84.